The maximum atomic E-state index is 12.1. The van der Waals surface area contributed by atoms with E-state index in [0.717, 1.165) is 28.2 Å². The van der Waals surface area contributed by atoms with Gasteiger partial charge in [0.2, 0.25) is 10.0 Å². The molecule has 0 radical (unpaired) electrons. The van der Waals surface area contributed by atoms with Crippen molar-refractivity contribution in [1.82, 2.24) is 5.32 Å². The first-order chi connectivity index (χ1) is 10.8. The van der Waals surface area contributed by atoms with Crippen molar-refractivity contribution < 1.29 is 17.9 Å². The Bertz CT molecular complexity index is 813. The lowest BCUT2D eigenvalue weighted by Gasteiger charge is -2.10. The van der Waals surface area contributed by atoms with E-state index in [2.05, 4.69) is 5.32 Å². The Hall–Kier alpha value is -1.90. The van der Waals surface area contributed by atoms with Crippen LogP contribution in [0.25, 0.3) is 0 Å². The number of benzene rings is 1. The van der Waals surface area contributed by atoms with Crippen molar-refractivity contribution >= 4 is 27.3 Å². The minimum atomic E-state index is -3.90. The summed E-state index contributed by atoms with van der Waals surface area (Å²) in [5.41, 5.74) is 2.08. The first-order valence-corrected chi connectivity index (χ1v) is 9.27. The molecular weight excluding hydrogens is 336 g/mol. The summed E-state index contributed by atoms with van der Waals surface area (Å²) >= 11 is 1.04. The molecule has 2 rings (SSSR count). The van der Waals surface area contributed by atoms with E-state index >= 15 is 0 Å². The summed E-state index contributed by atoms with van der Waals surface area (Å²) in [5.74, 6) is 0.307. The van der Waals surface area contributed by atoms with E-state index in [0.29, 0.717) is 13.0 Å². The Kier molecular flexibility index (Phi) is 5.40. The fraction of sp³-hybridized carbons (Fsp3) is 0.267. The van der Waals surface area contributed by atoms with Gasteiger partial charge in [0.1, 0.15) is 15.5 Å². The van der Waals surface area contributed by atoms with Crippen LogP contribution >= 0.6 is 11.3 Å². The highest BCUT2D eigenvalue weighted by molar-refractivity contribution is 7.89. The van der Waals surface area contributed by atoms with Crippen molar-refractivity contribution in [2.75, 3.05) is 13.7 Å². The van der Waals surface area contributed by atoms with Crippen LogP contribution in [0.2, 0.25) is 0 Å². The smallest absolute Gasteiger partial charge is 0.262 e. The lowest BCUT2D eigenvalue weighted by molar-refractivity contribution is 0.0955. The molecule has 0 aliphatic rings. The van der Waals surface area contributed by atoms with Crippen LogP contribution in [0.1, 0.15) is 20.8 Å². The molecule has 0 saturated carbocycles. The van der Waals surface area contributed by atoms with Gasteiger partial charge in [-0.25, -0.2) is 13.6 Å². The summed E-state index contributed by atoms with van der Waals surface area (Å²) in [7, 11) is -2.31. The van der Waals surface area contributed by atoms with E-state index in [9.17, 15) is 13.2 Å². The number of hydrogen-bond donors (Lipinski definition) is 2. The first kappa shape index (κ1) is 17.5. The molecule has 0 atom stereocenters. The normalized spacial score (nSPS) is 11.3. The van der Waals surface area contributed by atoms with E-state index in [1.54, 1.807) is 7.11 Å². The fourth-order valence-corrected chi connectivity index (χ4v) is 4.07. The van der Waals surface area contributed by atoms with Gasteiger partial charge >= 0.3 is 0 Å². The van der Waals surface area contributed by atoms with Crippen LogP contribution in [-0.2, 0) is 16.4 Å². The van der Waals surface area contributed by atoms with Gasteiger partial charge in [-0.15, -0.1) is 11.3 Å². The van der Waals surface area contributed by atoms with Gasteiger partial charge in [-0.3, -0.25) is 4.79 Å². The van der Waals surface area contributed by atoms with Crippen molar-refractivity contribution in [2.24, 2.45) is 5.14 Å². The van der Waals surface area contributed by atoms with E-state index in [1.165, 1.54) is 11.4 Å². The molecule has 0 aliphatic heterocycles. The number of hydrogen-bond acceptors (Lipinski definition) is 5. The minimum Gasteiger partial charge on any atom is -0.496 e. The predicted molar refractivity (Wildman–Crippen MR) is 89.5 cm³/mol. The standard InChI is InChI=1S/C15H18N2O4S2/c1-10-3-4-12(21-2)11(9-10)5-7-17-15(18)14-13(6-8-22-14)23(16,19)20/h3-4,6,8-9H,5,7H2,1-2H3,(H,17,18)(H2,16,19,20). The zero-order chi connectivity index (χ0) is 17.0. The highest BCUT2D eigenvalue weighted by atomic mass is 32.2. The number of ether oxygens (including phenoxy) is 1. The van der Waals surface area contributed by atoms with Crippen LogP contribution < -0.4 is 15.2 Å². The summed E-state index contributed by atoms with van der Waals surface area (Å²) in [4.78, 5) is 12.1. The van der Waals surface area contributed by atoms with Gasteiger partial charge in [0.15, 0.2) is 0 Å². The average Bonchev–Trinajstić information content (AvgIpc) is 2.97. The first-order valence-electron chi connectivity index (χ1n) is 6.85. The summed E-state index contributed by atoms with van der Waals surface area (Å²) in [6.45, 7) is 2.34. The van der Waals surface area contributed by atoms with Crippen molar-refractivity contribution in [1.29, 1.82) is 0 Å². The van der Waals surface area contributed by atoms with Crippen molar-refractivity contribution in [3.05, 3.63) is 45.6 Å². The Morgan fingerprint density at radius 1 is 1.35 bits per heavy atom. The molecule has 1 amide bonds. The molecule has 2 aromatic rings. The molecule has 0 aliphatic carbocycles. The van der Waals surface area contributed by atoms with Gasteiger partial charge < -0.3 is 10.1 Å². The topological polar surface area (TPSA) is 98.5 Å². The molecule has 0 bridgehead atoms. The van der Waals surface area contributed by atoms with Crippen LogP contribution in [0.3, 0.4) is 0 Å². The second-order valence-electron chi connectivity index (χ2n) is 4.98. The molecular formula is C15H18N2O4S2. The molecule has 1 aromatic carbocycles. The number of methoxy groups -OCH3 is 1. The Morgan fingerprint density at radius 3 is 2.74 bits per heavy atom. The third-order valence-electron chi connectivity index (χ3n) is 3.26. The summed E-state index contributed by atoms with van der Waals surface area (Å²) < 4.78 is 28.1. The lowest BCUT2D eigenvalue weighted by Crippen LogP contribution is -2.27. The molecule has 0 saturated heterocycles. The van der Waals surface area contributed by atoms with Crippen LogP contribution in [0.15, 0.2) is 34.5 Å². The van der Waals surface area contributed by atoms with Crippen LogP contribution in [0.5, 0.6) is 5.75 Å². The third kappa shape index (κ3) is 4.31. The number of thiophene rings is 1. The second kappa shape index (κ2) is 7.12. The quantitative estimate of drug-likeness (QED) is 0.824. The number of rotatable bonds is 6. The number of amides is 1. The number of primary sulfonamides is 1. The number of nitrogens with one attached hydrogen (secondary N) is 1. The number of carbonyl (C=O) groups excluding carboxylic acids is 1. The summed E-state index contributed by atoms with van der Waals surface area (Å²) in [6.07, 6.45) is 0.576. The van der Waals surface area contributed by atoms with Gasteiger partial charge in [0, 0.05) is 6.54 Å². The zero-order valence-corrected chi connectivity index (χ0v) is 14.5. The lowest BCUT2D eigenvalue weighted by atomic mass is 10.1. The second-order valence-corrected chi connectivity index (χ2v) is 7.43. The van der Waals surface area contributed by atoms with Crippen LogP contribution in [0, 0.1) is 6.92 Å². The molecule has 3 N–H and O–H groups in total. The fourth-order valence-electron chi connectivity index (χ4n) is 2.18. The Morgan fingerprint density at radius 2 is 2.09 bits per heavy atom. The van der Waals surface area contributed by atoms with Gasteiger partial charge in [0.05, 0.1) is 7.11 Å². The van der Waals surface area contributed by atoms with E-state index in [4.69, 9.17) is 9.88 Å². The molecule has 8 heteroatoms. The zero-order valence-electron chi connectivity index (χ0n) is 12.8. The summed E-state index contributed by atoms with van der Waals surface area (Å²) in [6, 6.07) is 7.15. The third-order valence-corrected chi connectivity index (χ3v) is 5.25. The van der Waals surface area contributed by atoms with E-state index < -0.39 is 15.9 Å². The van der Waals surface area contributed by atoms with Crippen molar-refractivity contribution in [2.45, 2.75) is 18.2 Å². The molecule has 1 aromatic heterocycles. The van der Waals surface area contributed by atoms with Gasteiger partial charge in [-0.2, -0.15) is 0 Å². The molecule has 23 heavy (non-hydrogen) atoms. The average molecular weight is 354 g/mol. The number of sulfonamides is 1. The van der Waals surface area contributed by atoms with Gasteiger partial charge in [0.25, 0.3) is 5.91 Å². The van der Waals surface area contributed by atoms with Gasteiger partial charge in [-0.1, -0.05) is 17.7 Å². The van der Waals surface area contributed by atoms with Crippen LogP contribution in [-0.4, -0.2) is 28.0 Å². The number of nitrogens with two attached hydrogens (primary N) is 1. The largest absolute Gasteiger partial charge is 0.496 e. The molecule has 124 valence electrons. The van der Waals surface area contributed by atoms with Crippen LogP contribution in [0.4, 0.5) is 0 Å². The maximum absolute atomic E-state index is 12.1. The molecule has 0 fully saturated rings. The molecule has 6 nitrogen and oxygen atoms in total. The Labute approximate surface area is 139 Å². The highest BCUT2D eigenvalue weighted by Crippen LogP contribution is 2.21. The molecule has 0 spiro atoms. The SMILES string of the molecule is COc1ccc(C)cc1CCNC(=O)c1sccc1S(N)(=O)=O. The van der Waals surface area contributed by atoms with E-state index in [1.807, 2.05) is 25.1 Å². The molecule has 1 heterocycles. The number of aryl methyl sites for hydroxylation is 1. The predicted octanol–water partition coefficient (Wildman–Crippen LogP) is 1.69. The minimum absolute atomic E-state index is 0.101. The maximum Gasteiger partial charge on any atom is 0.262 e. The highest BCUT2D eigenvalue weighted by Gasteiger charge is 2.20. The van der Waals surface area contributed by atoms with E-state index in [-0.39, 0.29) is 9.77 Å². The van der Waals surface area contributed by atoms with Gasteiger partial charge in [-0.05, 0) is 36.4 Å². The Balaban J connectivity index is 2.04. The van der Waals surface area contributed by atoms with Crippen molar-refractivity contribution in [3.8, 4) is 5.75 Å². The van der Waals surface area contributed by atoms with Crippen molar-refractivity contribution in [3.63, 3.8) is 0 Å². The number of carbonyl (C=O) groups is 1. The summed E-state index contributed by atoms with van der Waals surface area (Å²) in [5, 5.41) is 9.34. The monoisotopic (exact) mass is 354 g/mol. The molecule has 0 unspecified atom stereocenters.